The molecule has 0 saturated heterocycles. The molecule has 0 aromatic heterocycles. The summed E-state index contributed by atoms with van der Waals surface area (Å²) in [6.45, 7) is 3.77. The number of aliphatic hydroxyl groups is 1. The molecule has 0 saturated carbocycles. The molecule has 0 aliphatic heterocycles. The zero-order chi connectivity index (χ0) is 13.1. The van der Waals surface area contributed by atoms with E-state index in [2.05, 4.69) is 15.9 Å². The van der Waals surface area contributed by atoms with Gasteiger partial charge in [-0.15, -0.1) is 0 Å². The third-order valence-electron chi connectivity index (χ3n) is 2.73. The standard InChI is InChI=1S/C15H15BrO2/c1-10-9-14(7-8-15(10)16)18-13-5-3-12(4-6-13)11(2)17/h3-9,11,17H,1-2H3/t11-/m0/s1. The second-order valence-electron chi connectivity index (χ2n) is 4.26. The van der Waals surface area contributed by atoms with Crippen LogP contribution in [-0.2, 0) is 0 Å². The highest BCUT2D eigenvalue weighted by Crippen LogP contribution is 2.27. The van der Waals surface area contributed by atoms with Crippen molar-refractivity contribution in [3.63, 3.8) is 0 Å². The minimum absolute atomic E-state index is 0.450. The Morgan fingerprint density at radius 1 is 1.06 bits per heavy atom. The fraction of sp³-hybridized carbons (Fsp3) is 0.200. The number of rotatable bonds is 3. The van der Waals surface area contributed by atoms with Crippen molar-refractivity contribution in [1.82, 2.24) is 0 Å². The largest absolute Gasteiger partial charge is 0.457 e. The molecule has 0 spiro atoms. The monoisotopic (exact) mass is 306 g/mol. The van der Waals surface area contributed by atoms with E-state index < -0.39 is 6.10 Å². The number of halogens is 1. The lowest BCUT2D eigenvalue weighted by Gasteiger charge is -2.09. The molecule has 2 aromatic rings. The molecule has 94 valence electrons. The van der Waals surface area contributed by atoms with Gasteiger partial charge in [0.1, 0.15) is 11.5 Å². The van der Waals surface area contributed by atoms with Crippen molar-refractivity contribution in [3.05, 3.63) is 58.1 Å². The van der Waals surface area contributed by atoms with E-state index in [0.29, 0.717) is 0 Å². The first-order valence-corrected chi connectivity index (χ1v) is 6.57. The van der Waals surface area contributed by atoms with Crippen LogP contribution >= 0.6 is 15.9 Å². The maximum atomic E-state index is 9.43. The van der Waals surface area contributed by atoms with Gasteiger partial charge in [-0.05, 0) is 55.3 Å². The molecule has 2 aromatic carbocycles. The van der Waals surface area contributed by atoms with E-state index in [-0.39, 0.29) is 0 Å². The van der Waals surface area contributed by atoms with Crippen molar-refractivity contribution in [2.24, 2.45) is 0 Å². The van der Waals surface area contributed by atoms with Gasteiger partial charge in [-0.25, -0.2) is 0 Å². The molecule has 0 aliphatic carbocycles. The second kappa shape index (κ2) is 5.55. The summed E-state index contributed by atoms with van der Waals surface area (Å²) in [5.74, 6) is 1.57. The third-order valence-corrected chi connectivity index (χ3v) is 3.62. The zero-order valence-corrected chi connectivity index (χ0v) is 11.9. The predicted molar refractivity (Wildman–Crippen MR) is 76.0 cm³/mol. The molecule has 0 unspecified atom stereocenters. The molecule has 0 aliphatic rings. The van der Waals surface area contributed by atoms with E-state index in [4.69, 9.17) is 4.74 Å². The van der Waals surface area contributed by atoms with Crippen LogP contribution in [0.15, 0.2) is 46.9 Å². The van der Waals surface area contributed by atoms with Gasteiger partial charge in [0.25, 0.3) is 0 Å². The van der Waals surface area contributed by atoms with Crippen LogP contribution in [0.2, 0.25) is 0 Å². The number of aliphatic hydroxyl groups excluding tert-OH is 1. The summed E-state index contributed by atoms with van der Waals surface area (Å²) in [5.41, 5.74) is 2.02. The van der Waals surface area contributed by atoms with Crippen LogP contribution in [0.1, 0.15) is 24.2 Å². The predicted octanol–water partition coefficient (Wildman–Crippen LogP) is 4.60. The molecule has 1 N–H and O–H groups in total. The minimum Gasteiger partial charge on any atom is -0.457 e. The molecular formula is C15H15BrO2. The maximum Gasteiger partial charge on any atom is 0.127 e. The van der Waals surface area contributed by atoms with Gasteiger partial charge < -0.3 is 9.84 Å². The second-order valence-corrected chi connectivity index (χ2v) is 5.11. The van der Waals surface area contributed by atoms with Gasteiger partial charge in [0, 0.05) is 4.47 Å². The SMILES string of the molecule is Cc1cc(Oc2ccc([C@H](C)O)cc2)ccc1Br. The van der Waals surface area contributed by atoms with Gasteiger partial charge in [0.05, 0.1) is 6.10 Å². The summed E-state index contributed by atoms with van der Waals surface area (Å²) in [6, 6.07) is 13.3. The maximum absolute atomic E-state index is 9.43. The lowest BCUT2D eigenvalue weighted by molar-refractivity contribution is 0.199. The quantitative estimate of drug-likeness (QED) is 0.897. The van der Waals surface area contributed by atoms with Crippen LogP contribution in [0.4, 0.5) is 0 Å². The molecule has 2 nitrogen and oxygen atoms in total. The van der Waals surface area contributed by atoms with Crippen LogP contribution < -0.4 is 4.74 Å². The van der Waals surface area contributed by atoms with E-state index >= 15 is 0 Å². The van der Waals surface area contributed by atoms with Gasteiger partial charge in [0.15, 0.2) is 0 Å². The molecule has 0 fully saturated rings. The van der Waals surface area contributed by atoms with Crippen molar-refractivity contribution in [2.45, 2.75) is 20.0 Å². The summed E-state index contributed by atoms with van der Waals surface area (Å²) in [6.07, 6.45) is -0.450. The average Bonchev–Trinajstić information content (AvgIpc) is 2.34. The highest BCUT2D eigenvalue weighted by molar-refractivity contribution is 9.10. The number of hydrogen-bond donors (Lipinski definition) is 1. The van der Waals surface area contributed by atoms with Crippen LogP contribution in [0.3, 0.4) is 0 Å². The van der Waals surface area contributed by atoms with E-state index in [0.717, 1.165) is 27.1 Å². The topological polar surface area (TPSA) is 29.5 Å². The third kappa shape index (κ3) is 3.12. The van der Waals surface area contributed by atoms with Crippen LogP contribution in [-0.4, -0.2) is 5.11 Å². The Balaban J connectivity index is 2.15. The van der Waals surface area contributed by atoms with E-state index in [1.165, 1.54) is 0 Å². The van der Waals surface area contributed by atoms with Crippen molar-refractivity contribution < 1.29 is 9.84 Å². The Bertz CT molecular complexity index is 533. The molecule has 0 bridgehead atoms. The molecule has 3 heteroatoms. The van der Waals surface area contributed by atoms with Gasteiger partial charge in [-0.1, -0.05) is 28.1 Å². The Kier molecular flexibility index (Phi) is 4.04. The highest BCUT2D eigenvalue weighted by atomic mass is 79.9. The lowest BCUT2D eigenvalue weighted by Crippen LogP contribution is -1.91. The molecule has 0 amide bonds. The lowest BCUT2D eigenvalue weighted by atomic mass is 10.1. The molecule has 2 rings (SSSR count). The first-order chi connectivity index (χ1) is 8.56. The Morgan fingerprint density at radius 3 is 2.22 bits per heavy atom. The Hall–Kier alpha value is -1.32. The smallest absolute Gasteiger partial charge is 0.127 e. The summed E-state index contributed by atoms with van der Waals surface area (Å²) in [7, 11) is 0. The number of ether oxygens (including phenoxy) is 1. The summed E-state index contributed by atoms with van der Waals surface area (Å²) < 4.78 is 6.82. The van der Waals surface area contributed by atoms with Crippen LogP contribution in [0, 0.1) is 6.92 Å². The fourth-order valence-corrected chi connectivity index (χ4v) is 1.88. The Labute approximate surface area is 115 Å². The number of hydrogen-bond acceptors (Lipinski definition) is 2. The van der Waals surface area contributed by atoms with Gasteiger partial charge >= 0.3 is 0 Å². The molecule has 0 heterocycles. The summed E-state index contributed by atoms with van der Waals surface area (Å²) in [4.78, 5) is 0. The van der Waals surface area contributed by atoms with Gasteiger partial charge in [0.2, 0.25) is 0 Å². The van der Waals surface area contributed by atoms with E-state index in [1.807, 2.05) is 49.4 Å². The van der Waals surface area contributed by atoms with Crippen LogP contribution in [0.25, 0.3) is 0 Å². The molecule has 1 atom stereocenters. The normalized spacial score (nSPS) is 12.2. The number of benzene rings is 2. The van der Waals surface area contributed by atoms with E-state index in [1.54, 1.807) is 6.92 Å². The molecule has 0 radical (unpaired) electrons. The highest BCUT2D eigenvalue weighted by Gasteiger charge is 2.03. The zero-order valence-electron chi connectivity index (χ0n) is 10.4. The number of aryl methyl sites for hydroxylation is 1. The summed E-state index contributed by atoms with van der Waals surface area (Å²) >= 11 is 3.46. The van der Waals surface area contributed by atoms with Crippen molar-refractivity contribution in [2.75, 3.05) is 0 Å². The molecule has 18 heavy (non-hydrogen) atoms. The Morgan fingerprint density at radius 2 is 1.67 bits per heavy atom. The summed E-state index contributed by atoms with van der Waals surface area (Å²) in [5, 5.41) is 9.43. The van der Waals surface area contributed by atoms with Crippen LogP contribution in [0.5, 0.6) is 11.5 Å². The van der Waals surface area contributed by atoms with Gasteiger partial charge in [-0.3, -0.25) is 0 Å². The molecular weight excluding hydrogens is 292 g/mol. The first-order valence-electron chi connectivity index (χ1n) is 5.78. The average molecular weight is 307 g/mol. The van der Waals surface area contributed by atoms with Crippen molar-refractivity contribution in [3.8, 4) is 11.5 Å². The van der Waals surface area contributed by atoms with Crippen molar-refractivity contribution >= 4 is 15.9 Å². The van der Waals surface area contributed by atoms with E-state index in [9.17, 15) is 5.11 Å². The first kappa shape index (κ1) is 13.1. The van der Waals surface area contributed by atoms with Gasteiger partial charge in [-0.2, -0.15) is 0 Å². The fourth-order valence-electron chi connectivity index (χ4n) is 1.63. The minimum atomic E-state index is -0.450. The van der Waals surface area contributed by atoms with Crippen molar-refractivity contribution in [1.29, 1.82) is 0 Å².